The summed E-state index contributed by atoms with van der Waals surface area (Å²) < 4.78 is 28.0. The lowest BCUT2D eigenvalue weighted by Gasteiger charge is -2.23. The van der Waals surface area contributed by atoms with Crippen LogP contribution < -0.4 is 4.90 Å². The van der Waals surface area contributed by atoms with Gasteiger partial charge >= 0.3 is 0 Å². The van der Waals surface area contributed by atoms with Gasteiger partial charge < -0.3 is 4.90 Å². The predicted molar refractivity (Wildman–Crippen MR) is 72.8 cm³/mol. The fourth-order valence-corrected chi connectivity index (χ4v) is 2.07. The smallest absolute Gasteiger partial charge is 0.170 e. The molecule has 100 valence electrons. The van der Waals surface area contributed by atoms with Crippen LogP contribution in [0.5, 0.6) is 0 Å². The summed E-state index contributed by atoms with van der Waals surface area (Å²) >= 11 is 5.67. The van der Waals surface area contributed by atoms with Crippen molar-refractivity contribution in [3.8, 4) is 0 Å². The van der Waals surface area contributed by atoms with Crippen LogP contribution in [0, 0.1) is 11.6 Å². The SMILES string of the molecule is CCN(c1ccccc1F)c1nccc(CCl)c1F. The zero-order valence-electron chi connectivity index (χ0n) is 10.4. The molecule has 0 fully saturated rings. The molecule has 19 heavy (non-hydrogen) atoms. The van der Waals surface area contributed by atoms with Crippen LogP contribution in [-0.2, 0) is 5.88 Å². The largest absolute Gasteiger partial charge is 0.322 e. The molecule has 0 aliphatic rings. The number of alkyl halides is 1. The number of anilines is 2. The molecule has 1 heterocycles. The monoisotopic (exact) mass is 282 g/mol. The average Bonchev–Trinajstić information content (AvgIpc) is 2.43. The minimum Gasteiger partial charge on any atom is -0.322 e. The van der Waals surface area contributed by atoms with Crippen molar-refractivity contribution in [2.24, 2.45) is 0 Å². The second-order valence-corrected chi connectivity index (χ2v) is 4.20. The highest BCUT2D eigenvalue weighted by atomic mass is 35.5. The Labute approximate surface area is 115 Å². The van der Waals surface area contributed by atoms with E-state index in [1.54, 1.807) is 25.1 Å². The molecule has 0 bridgehead atoms. The van der Waals surface area contributed by atoms with Gasteiger partial charge in [0.05, 0.1) is 11.6 Å². The fourth-order valence-electron chi connectivity index (χ4n) is 1.87. The standard InChI is InChI=1S/C14H13ClF2N2/c1-2-19(12-6-4-3-5-11(12)16)14-13(17)10(9-15)7-8-18-14/h3-8H,2,9H2,1H3. The molecule has 0 N–H and O–H groups in total. The van der Waals surface area contributed by atoms with Crippen LogP contribution >= 0.6 is 11.6 Å². The average molecular weight is 283 g/mol. The topological polar surface area (TPSA) is 16.1 Å². The van der Waals surface area contributed by atoms with Crippen LogP contribution in [0.4, 0.5) is 20.3 Å². The molecule has 0 aliphatic carbocycles. The van der Waals surface area contributed by atoms with E-state index in [1.165, 1.54) is 23.2 Å². The number of aromatic nitrogens is 1. The van der Waals surface area contributed by atoms with Crippen LogP contribution in [0.1, 0.15) is 12.5 Å². The maximum Gasteiger partial charge on any atom is 0.170 e. The minimum absolute atomic E-state index is 0.0518. The highest BCUT2D eigenvalue weighted by Gasteiger charge is 2.18. The van der Waals surface area contributed by atoms with E-state index >= 15 is 0 Å². The summed E-state index contributed by atoms with van der Waals surface area (Å²) in [6.07, 6.45) is 1.47. The van der Waals surface area contributed by atoms with Crippen molar-refractivity contribution in [3.05, 3.63) is 53.7 Å². The molecule has 1 aromatic carbocycles. The summed E-state index contributed by atoms with van der Waals surface area (Å²) in [6, 6.07) is 7.73. The molecule has 0 amide bonds. The van der Waals surface area contributed by atoms with Crippen molar-refractivity contribution in [3.63, 3.8) is 0 Å². The molecular formula is C14H13ClF2N2. The highest BCUT2D eigenvalue weighted by molar-refractivity contribution is 6.17. The zero-order chi connectivity index (χ0) is 13.8. The number of benzene rings is 1. The summed E-state index contributed by atoms with van der Waals surface area (Å²) in [7, 11) is 0. The van der Waals surface area contributed by atoms with Gasteiger partial charge in [0.25, 0.3) is 0 Å². The van der Waals surface area contributed by atoms with E-state index in [0.29, 0.717) is 17.8 Å². The Morgan fingerprint density at radius 2 is 1.95 bits per heavy atom. The van der Waals surface area contributed by atoms with Gasteiger partial charge in [0.15, 0.2) is 11.6 Å². The van der Waals surface area contributed by atoms with Crippen LogP contribution in [0.3, 0.4) is 0 Å². The van der Waals surface area contributed by atoms with Gasteiger partial charge in [-0.15, -0.1) is 11.6 Å². The van der Waals surface area contributed by atoms with Gasteiger partial charge in [0, 0.05) is 18.3 Å². The molecule has 2 rings (SSSR count). The lowest BCUT2D eigenvalue weighted by Crippen LogP contribution is -2.20. The summed E-state index contributed by atoms with van der Waals surface area (Å²) in [5.74, 6) is -0.786. The van der Waals surface area contributed by atoms with Crippen LogP contribution in [0.15, 0.2) is 36.5 Å². The summed E-state index contributed by atoms with van der Waals surface area (Å²) in [6.45, 7) is 2.21. The lowest BCUT2D eigenvalue weighted by molar-refractivity contribution is 0.601. The van der Waals surface area contributed by atoms with Crippen molar-refractivity contribution < 1.29 is 8.78 Å². The highest BCUT2D eigenvalue weighted by Crippen LogP contribution is 2.29. The third-order valence-corrected chi connectivity index (χ3v) is 3.10. The number of pyridine rings is 1. The molecule has 0 unspecified atom stereocenters. The van der Waals surface area contributed by atoms with Gasteiger partial charge in [-0.05, 0) is 25.1 Å². The second kappa shape index (κ2) is 5.97. The number of nitrogens with zero attached hydrogens (tertiary/aromatic N) is 2. The normalized spacial score (nSPS) is 10.5. The van der Waals surface area contributed by atoms with E-state index < -0.39 is 11.6 Å². The molecule has 0 radical (unpaired) electrons. The molecular weight excluding hydrogens is 270 g/mol. The molecule has 0 spiro atoms. The van der Waals surface area contributed by atoms with Gasteiger partial charge in [0.2, 0.25) is 0 Å². The number of hydrogen-bond donors (Lipinski definition) is 0. The molecule has 2 aromatic rings. The van der Waals surface area contributed by atoms with Crippen LogP contribution in [-0.4, -0.2) is 11.5 Å². The molecule has 1 aromatic heterocycles. The van der Waals surface area contributed by atoms with E-state index in [4.69, 9.17) is 11.6 Å². The van der Waals surface area contributed by atoms with E-state index in [-0.39, 0.29) is 11.7 Å². The van der Waals surface area contributed by atoms with Gasteiger partial charge in [0.1, 0.15) is 5.82 Å². The van der Waals surface area contributed by atoms with Crippen LogP contribution in [0.25, 0.3) is 0 Å². The summed E-state index contributed by atoms with van der Waals surface area (Å²) in [5, 5.41) is 0. The van der Waals surface area contributed by atoms with Crippen molar-refractivity contribution in [2.75, 3.05) is 11.4 Å². The molecule has 5 heteroatoms. The maximum absolute atomic E-state index is 14.2. The van der Waals surface area contributed by atoms with Gasteiger partial charge in [-0.3, -0.25) is 0 Å². The minimum atomic E-state index is -0.511. The molecule has 0 saturated carbocycles. The third-order valence-electron chi connectivity index (χ3n) is 2.81. The third kappa shape index (κ3) is 2.68. The number of para-hydroxylation sites is 1. The molecule has 2 nitrogen and oxygen atoms in total. The van der Waals surface area contributed by atoms with Gasteiger partial charge in [-0.25, -0.2) is 13.8 Å². The maximum atomic E-state index is 14.2. The summed E-state index contributed by atoms with van der Waals surface area (Å²) in [5.41, 5.74) is 0.643. The number of halogens is 3. The van der Waals surface area contributed by atoms with E-state index in [2.05, 4.69) is 4.98 Å². The molecule has 0 aliphatic heterocycles. The van der Waals surface area contributed by atoms with Crippen LogP contribution in [0.2, 0.25) is 0 Å². The Bertz CT molecular complexity index is 575. The first-order valence-corrected chi connectivity index (χ1v) is 6.44. The van der Waals surface area contributed by atoms with Crippen molar-refractivity contribution >= 4 is 23.1 Å². The first-order chi connectivity index (χ1) is 9.19. The summed E-state index contributed by atoms with van der Waals surface area (Å²) in [4.78, 5) is 5.49. The Morgan fingerprint density at radius 1 is 1.21 bits per heavy atom. The number of rotatable bonds is 4. The van der Waals surface area contributed by atoms with Crippen molar-refractivity contribution in [1.29, 1.82) is 0 Å². The van der Waals surface area contributed by atoms with Gasteiger partial charge in [-0.2, -0.15) is 0 Å². The van der Waals surface area contributed by atoms with Gasteiger partial charge in [-0.1, -0.05) is 12.1 Å². The first-order valence-electron chi connectivity index (χ1n) is 5.90. The fraction of sp³-hybridized carbons (Fsp3) is 0.214. The second-order valence-electron chi connectivity index (χ2n) is 3.94. The molecule has 0 atom stereocenters. The van der Waals surface area contributed by atoms with E-state index in [0.717, 1.165) is 0 Å². The Balaban J connectivity index is 2.52. The van der Waals surface area contributed by atoms with E-state index in [9.17, 15) is 8.78 Å². The Morgan fingerprint density at radius 3 is 2.58 bits per heavy atom. The van der Waals surface area contributed by atoms with E-state index in [1.807, 2.05) is 0 Å². The Kier molecular flexibility index (Phi) is 4.32. The van der Waals surface area contributed by atoms with Crippen molar-refractivity contribution in [2.45, 2.75) is 12.8 Å². The Hall–Kier alpha value is -1.68. The lowest BCUT2D eigenvalue weighted by atomic mass is 10.2. The van der Waals surface area contributed by atoms with Crippen molar-refractivity contribution in [1.82, 2.24) is 4.98 Å². The first kappa shape index (κ1) is 13.7. The molecule has 0 saturated heterocycles. The quantitative estimate of drug-likeness (QED) is 0.779. The zero-order valence-corrected chi connectivity index (χ0v) is 11.2. The predicted octanol–water partition coefficient (Wildman–Crippen LogP) is 4.26. The number of hydrogen-bond acceptors (Lipinski definition) is 2.